The highest BCUT2D eigenvalue weighted by atomic mass is 35.5. The maximum absolute atomic E-state index is 12.9. The Morgan fingerprint density at radius 1 is 0.577 bits per heavy atom. The lowest BCUT2D eigenvalue weighted by Gasteiger charge is -2.23. The zero-order valence-electron chi connectivity index (χ0n) is 13.1. The molecule has 0 aromatic heterocycles. The summed E-state index contributed by atoms with van der Waals surface area (Å²) < 4.78 is 0. The first-order valence-corrected chi connectivity index (χ1v) is 8.01. The van der Waals surface area contributed by atoms with Crippen molar-refractivity contribution in [2.75, 3.05) is 0 Å². The standard InChI is InChI=1S/C20H9ClO5/c21-15-13(16(22)9-5-1-3-7-11(9)18(15)24)14-17(23)10-6-2-4-8-12(10)19(25)20(14)26/h1-8,23H. The molecular weight excluding hydrogens is 356 g/mol. The monoisotopic (exact) mass is 364 g/mol. The van der Waals surface area contributed by atoms with Gasteiger partial charge in [-0.2, -0.15) is 0 Å². The lowest BCUT2D eigenvalue weighted by molar-refractivity contribution is -0.111. The van der Waals surface area contributed by atoms with Crippen LogP contribution >= 0.6 is 11.6 Å². The molecule has 0 spiro atoms. The molecule has 2 aliphatic carbocycles. The molecule has 0 bridgehead atoms. The number of ketones is 4. The van der Waals surface area contributed by atoms with Crippen LogP contribution in [0.4, 0.5) is 0 Å². The lowest BCUT2D eigenvalue weighted by Crippen LogP contribution is -2.30. The van der Waals surface area contributed by atoms with Crippen molar-refractivity contribution in [1.82, 2.24) is 0 Å². The van der Waals surface area contributed by atoms with Gasteiger partial charge >= 0.3 is 0 Å². The Balaban J connectivity index is 2.02. The van der Waals surface area contributed by atoms with E-state index in [0.717, 1.165) is 0 Å². The molecule has 26 heavy (non-hydrogen) atoms. The van der Waals surface area contributed by atoms with E-state index in [1.54, 1.807) is 24.3 Å². The molecule has 5 nitrogen and oxygen atoms in total. The number of aliphatic hydroxyl groups is 1. The molecule has 2 aromatic rings. The Morgan fingerprint density at radius 2 is 1.04 bits per heavy atom. The fraction of sp³-hybridized carbons (Fsp3) is 0. The van der Waals surface area contributed by atoms with Gasteiger partial charge in [-0.15, -0.1) is 0 Å². The first-order valence-electron chi connectivity index (χ1n) is 7.63. The number of rotatable bonds is 1. The minimum absolute atomic E-state index is 0.0328. The second-order valence-corrected chi connectivity index (χ2v) is 6.20. The predicted octanol–water partition coefficient (Wildman–Crippen LogP) is 3.29. The molecule has 1 N–H and O–H groups in total. The van der Waals surface area contributed by atoms with Gasteiger partial charge in [0.2, 0.25) is 17.3 Å². The van der Waals surface area contributed by atoms with E-state index in [9.17, 15) is 24.3 Å². The second kappa shape index (κ2) is 5.61. The Bertz CT molecular complexity index is 1120. The molecule has 0 saturated heterocycles. The van der Waals surface area contributed by atoms with E-state index < -0.39 is 45.1 Å². The van der Waals surface area contributed by atoms with Gasteiger partial charge in [-0.25, -0.2) is 0 Å². The van der Waals surface area contributed by atoms with Crippen LogP contribution in [0.5, 0.6) is 0 Å². The van der Waals surface area contributed by atoms with Crippen LogP contribution in [-0.2, 0) is 4.79 Å². The zero-order chi connectivity index (χ0) is 18.6. The summed E-state index contributed by atoms with van der Waals surface area (Å²) in [6.45, 7) is 0. The molecule has 0 radical (unpaired) electrons. The van der Waals surface area contributed by atoms with E-state index in [1.165, 1.54) is 24.3 Å². The van der Waals surface area contributed by atoms with Gasteiger partial charge in [0.05, 0.1) is 11.1 Å². The minimum atomic E-state index is -1.07. The Labute approximate surface area is 152 Å². The van der Waals surface area contributed by atoms with E-state index in [2.05, 4.69) is 0 Å². The molecule has 2 aliphatic rings. The molecule has 0 amide bonds. The summed E-state index contributed by atoms with van der Waals surface area (Å²) in [5.74, 6) is -3.82. The van der Waals surface area contributed by atoms with Crippen molar-refractivity contribution in [1.29, 1.82) is 0 Å². The van der Waals surface area contributed by atoms with Gasteiger partial charge in [-0.1, -0.05) is 60.1 Å². The average Bonchev–Trinajstić information content (AvgIpc) is 2.67. The van der Waals surface area contributed by atoms with E-state index in [-0.39, 0.29) is 22.3 Å². The summed E-state index contributed by atoms with van der Waals surface area (Å²) in [6.07, 6.45) is 0. The van der Waals surface area contributed by atoms with Gasteiger partial charge in [0.25, 0.3) is 0 Å². The summed E-state index contributed by atoms with van der Waals surface area (Å²) in [4.78, 5) is 50.4. The fourth-order valence-corrected chi connectivity index (χ4v) is 3.45. The van der Waals surface area contributed by atoms with Crippen molar-refractivity contribution < 1.29 is 24.3 Å². The number of benzene rings is 2. The molecule has 2 aromatic carbocycles. The van der Waals surface area contributed by atoms with E-state index in [0.29, 0.717) is 0 Å². The number of halogens is 1. The van der Waals surface area contributed by atoms with Crippen molar-refractivity contribution in [2.24, 2.45) is 0 Å². The average molecular weight is 365 g/mol. The molecule has 0 atom stereocenters. The molecule has 4 rings (SSSR count). The molecule has 0 fully saturated rings. The van der Waals surface area contributed by atoms with Gasteiger partial charge in [-0.3, -0.25) is 19.2 Å². The Hall–Kier alpha value is -3.31. The topological polar surface area (TPSA) is 88.5 Å². The molecule has 126 valence electrons. The van der Waals surface area contributed by atoms with Gasteiger partial charge in [0.1, 0.15) is 10.8 Å². The first kappa shape index (κ1) is 16.2. The number of carbonyl (C=O) groups is 4. The maximum atomic E-state index is 12.9. The van der Waals surface area contributed by atoms with Crippen molar-refractivity contribution in [3.63, 3.8) is 0 Å². The highest BCUT2D eigenvalue weighted by molar-refractivity contribution is 6.57. The number of allylic oxidation sites excluding steroid dienone is 3. The van der Waals surface area contributed by atoms with Crippen LogP contribution < -0.4 is 0 Å². The van der Waals surface area contributed by atoms with Gasteiger partial charge in [0, 0.05) is 22.3 Å². The quantitative estimate of drug-likeness (QED) is 0.784. The highest BCUT2D eigenvalue weighted by Gasteiger charge is 2.41. The lowest BCUT2D eigenvalue weighted by atomic mass is 9.79. The summed E-state index contributed by atoms with van der Waals surface area (Å²) in [5.41, 5.74) is -0.654. The third kappa shape index (κ3) is 2.04. The van der Waals surface area contributed by atoms with Crippen LogP contribution in [0.25, 0.3) is 5.76 Å². The number of fused-ring (bicyclic) bond motifs is 2. The number of hydrogen-bond donors (Lipinski definition) is 1. The molecule has 0 heterocycles. The number of Topliss-reactive ketones (excluding diaryl/α,β-unsaturated/α-hetero) is 4. The third-order valence-electron chi connectivity index (χ3n) is 4.41. The zero-order valence-corrected chi connectivity index (χ0v) is 13.8. The Morgan fingerprint density at radius 3 is 1.62 bits per heavy atom. The minimum Gasteiger partial charge on any atom is -0.506 e. The van der Waals surface area contributed by atoms with E-state index >= 15 is 0 Å². The van der Waals surface area contributed by atoms with Gasteiger partial charge in [0.15, 0.2) is 5.78 Å². The van der Waals surface area contributed by atoms with Crippen molar-refractivity contribution >= 4 is 40.5 Å². The molecular formula is C20H9ClO5. The fourth-order valence-electron chi connectivity index (χ4n) is 3.17. The van der Waals surface area contributed by atoms with Crippen molar-refractivity contribution in [3.8, 4) is 0 Å². The van der Waals surface area contributed by atoms with E-state index in [4.69, 9.17) is 11.6 Å². The van der Waals surface area contributed by atoms with E-state index in [1.807, 2.05) is 0 Å². The summed E-state index contributed by atoms with van der Waals surface area (Å²) >= 11 is 6.09. The van der Waals surface area contributed by atoms with Gasteiger partial charge in [-0.05, 0) is 0 Å². The van der Waals surface area contributed by atoms with Crippen LogP contribution in [0.1, 0.15) is 36.6 Å². The van der Waals surface area contributed by atoms with Crippen LogP contribution in [0.15, 0.2) is 64.7 Å². The van der Waals surface area contributed by atoms with Gasteiger partial charge < -0.3 is 5.11 Å². The number of hydrogen-bond acceptors (Lipinski definition) is 5. The SMILES string of the molecule is O=C1C(=O)c2ccccc2C(O)=C1C1=C(Cl)C(=O)c2ccccc2C1=O. The van der Waals surface area contributed by atoms with Crippen LogP contribution in [-0.4, -0.2) is 28.2 Å². The van der Waals surface area contributed by atoms with Crippen LogP contribution in [0.3, 0.4) is 0 Å². The maximum Gasteiger partial charge on any atom is 0.238 e. The molecule has 0 unspecified atom stereocenters. The van der Waals surface area contributed by atoms with Crippen molar-refractivity contribution in [2.45, 2.75) is 0 Å². The summed E-state index contributed by atoms with van der Waals surface area (Å²) in [5, 5.41) is 10.1. The highest BCUT2D eigenvalue weighted by Crippen LogP contribution is 2.38. The smallest absolute Gasteiger partial charge is 0.238 e. The number of carbonyl (C=O) groups excluding carboxylic acids is 4. The first-order chi connectivity index (χ1) is 12.4. The largest absolute Gasteiger partial charge is 0.506 e. The number of aliphatic hydroxyl groups excluding tert-OH is 1. The third-order valence-corrected chi connectivity index (χ3v) is 4.77. The summed E-state index contributed by atoms with van der Waals surface area (Å²) in [6, 6.07) is 12.0. The summed E-state index contributed by atoms with van der Waals surface area (Å²) in [7, 11) is 0. The second-order valence-electron chi connectivity index (χ2n) is 5.82. The Kier molecular flexibility index (Phi) is 3.49. The van der Waals surface area contributed by atoms with Crippen LogP contribution in [0, 0.1) is 0 Å². The normalized spacial score (nSPS) is 16.8. The van der Waals surface area contributed by atoms with Crippen molar-refractivity contribution in [3.05, 3.63) is 87.0 Å². The molecule has 0 saturated carbocycles. The molecule has 6 heteroatoms. The van der Waals surface area contributed by atoms with Crippen LogP contribution in [0.2, 0.25) is 0 Å². The predicted molar refractivity (Wildman–Crippen MR) is 93.3 cm³/mol. The molecule has 0 aliphatic heterocycles.